The molecule has 0 spiro atoms. The van der Waals surface area contributed by atoms with Crippen LogP contribution in [-0.2, 0) is 0 Å². The lowest BCUT2D eigenvalue weighted by Crippen LogP contribution is -1.85. The fourth-order valence-corrected chi connectivity index (χ4v) is 1.65. The Kier molecular flexibility index (Phi) is 2.61. The van der Waals surface area contributed by atoms with E-state index in [1.54, 1.807) is 0 Å². The lowest BCUT2D eigenvalue weighted by molar-refractivity contribution is 1.27. The quantitative estimate of drug-likeness (QED) is 0.615. The minimum absolute atomic E-state index is 0.924. The van der Waals surface area contributed by atoms with E-state index >= 15 is 0 Å². The molecule has 1 rings (SSSR count). The van der Waals surface area contributed by atoms with E-state index < -0.39 is 0 Å². The van der Waals surface area contributed by atoms with E-state index in [-0.39, 0.29) is 0 Å². The van der Waals surface area contributed by atoms with Crippen LogP contribution in [0.1, 0.15) is 16.7 Å². The standard InChI is InChI=1S/C11H14N2/c1-7-6-8(2)11(13-5)9(3)10(7)12-4/h6H,4-5H2,1-3H3. The minimum atomic E-state index is 0.924. The van der Waals surface area contributed by atoms with Crippen molar-refractivity contribution in [3.8, 4) is 0 Å². The van der Waals surface area contributed by atoms with Gasteiger partial charge in [0.2, 0.25) is 0 Å². The first kappa shape index (κ1) is 9.65. The van der Waals surface area contributed by atoms with E-state index in [4.69, 9.17) is 0 Å². The average molecular weight is 174 g/mol. The van der Waals surface area contributed by atoms with E-state index in [0.717, 1.165) is 28.1 Å². The average Bonchev–Trinajstić information content (AvgIpc) is 2.04. The van der Waals surface area contributed by atoms with Crippen molar-refractivity contribution in [2.75, 3.05) is 0 Å². The number of hydrogen-bond donors (Lipinski definition) is 0. The normalized spacial score (nSPS) is 9.77. The van der Waals surface area contributed by atoms with Crippen molar-refractivity contribution >= 4 is 24.8 Å². The van der Waals surface area contributed by atoms with Gasteiger partial charge in [0.05, 0.1) is 11.4 Å². The molecule has 0 atom stereocenters. The predicted octanol–water partition coefficient (Wildman–Crippen LogP) is 3.28. The lowest BCUT2D eigenvalue weighted by atomic mass is 10.0. The van der Waals surface area contributed by atoms with Crippen molar-refractivity contribution in [1.82, 2.24) is 0 Å². The second-order valence-electron chi connectivity index (χ2n) is 3.15. The first-order chi connectivity index (χ1) is 6.11. The smallest absolute Gasteiger partial charge is 0.0702 e. The number of hydrogen-bond acceptors (Lipinski definition) is 2. The molecule has 0 aliphatic heterocycles. The van der Waals surface area contributed by atoms with Crippen LogP contribution in [0.2, 0.25) is 0 Å². The van der Waals surface area contributed by atoms with E-state index in [1.807, 2.05) is 20.8 Å². The molecular formula is C11H14N2. The van der Waals surface area contributed by atoms with Gasteiger partial charge >= 0.3 is 0 Å². The Morgan fingerprint density at radius 2 is 1.31 bits per heavy atom. The molecule has 0 aromatic heterocycles. The van der Waals surface area contributed by atoms with Gasteiger partial charge in [0.15, 0.2) is 0 Å². The Balaban J connectivity index is 3.56. The van der Waals surface area contributed by atoms with Gasteiger partial charge in [-0.05, 0) is 45.3 Å². The van der Waals surface area contributed by atoms with Crippen LogP contribution in [0.15, 0.2) is 16.1 Å². The molecule has 2 nitrogen and oxygen atoms in total. The van der Waals surface area contributed by atoms with Crippen molar-refractivity contribution in [3.63, 3.8) is 0 Å². The molecule has 13 heavy (non-hydrogen) atoms. The number of benzene rings is 1. The van der Waals surface area contributed by atoms with Gasteiger partial charge in [0.25, 0.3) is 0 Å². The van der Waals surface area contributed by atoms with Gasteiger partial charge in [0.1, 0.15) is 0 Å². The predicted molar refractivity (Wildman–Crippen MR) is 59.1 cm³/mol. The highest BCUT2D eigenvalue weighted by atomic mass is 14.7. The Hall–Kier alpha value is -1.44. The molecular weight excluding hydrogens is 160 g/mol. The van der Waals surface area contributed by atoms with Crippen molar-refractivity contribution in [3.05, 3.63) is 22.8 Å². The maximum absolute atomic E-state index is 3.98. The Morgan fingerprint density at radius 3 is 1.62 bits per heavy atom. The summed E-state index contributed by atoms with van der Waals surface area (Å²) in [5.41, 5.74) is 5.18. The zero-order valence-electron chi connectivity index (χ0n) is 8.39. The summed E-state index contributed by atoms with van der Waals surface area (Å²) in [5.74, 6) is 0. The van der Waals surface area contributed by atoms with Crippen molar-refractivity contribution < 1.29 is 0 Å². The second kappa shape index (κ2) is 3.52. The number of nitrogens with zero attached hydrogens (tertiary/aromatic N) is 2. The van der Waals surface area contributed by atoms with E-state index in [0.29, 0.717) is 0 Å². The van der Waals surface area contributed by atoms with Gasteiger partial charge < -0.3 is 0 Å². The highest BCUT2D eigenvalue weighted by Crippen LogP contribution is 2.33. The molecule has 1 aromatic carbocycles. The molecule has 0 N–H and O–H groups in total. The third-order valence-corrected chi connectivity index (χ3v) is 2.21. The zero-order chi connectivity index (χ0) is 10.0. The first-order valence-electron chi connectivity index (χ1n) is 4.16. The van der Waals surface area contributed by atoms with E-state index in [1.165, 1.54) is 0 Å². The van der Waals surface area contributed by atoms with E-state index in [2.05, 4.69) is 29.5 Å². The van der Waals surface area contributed by atoms with Crippen molar-refractivity contribution in [1.29, 1.82) is 0 Å². The maximum atomic E-state index is 3.98. The minimum Gasteiger partial charge on any atom is -0.264 e. The van der Waals surface area contributed by atoms with Crippen LogP contribution in [0, 0.1) is 20.8 Å². The summed E-state index contributed by atoms with van der Waals surface area (Å²) in [4.78, 5) is 7.96. The summed E-state index contributed by atoms with van der Waals surface area (Å²) in [6.07, 6.45) is 0. The van der Waals surface area contributed by atoms with Crippen LogP contribution < -0.4 is 0 Å². The second-order valence-corrected chi connectivity index (χ2v) is 3.15. The van der Waals surface area contributed by atoms with Crippen LogP contribution >= 0.6 is 0 Å². The lowest BCUT2D eigenvalue weighted by Gasteiger charge is -2.10. The van der Waals surface area contributed by atoms with Crippen molar-refractivity contribution in [2.24, 2.45) is 9.98 Å². The molecule has 0 amide bonds. The van der Waals surface area contributed by atoms with Crippen LogP contribution in [0.4, 0.5) is 11.4 Å². The first-order valence-corrected chi connectivity index (χ1v) is 4.16. The monoisotopic (exact) mass is 174 g/mol. The molecule has 0 aliphatic rings. The molecule has 0 bridgehead atoms. The van der Waals surface area contributed by atoms with Crippen LogP contribution in [-0.4, -0.2) is 13.4 Å². The van der Waals surface area contributed by atoms with Crippen molar-refractivity contribution in [2.45, 2.75) is 20.8 Å². The fourth-order valence-electron chi connectivity index (χ4n) is 1.65. The molecule has 0 heterocycles. The van der Waals surface area contributed by atoms with Crippen LogP contribution in [0.3, 0.4) is 0 Å². The molecule has 2 heteroatoms. The molecule has 0 saturated carbocycles. The van der Waals surface area contributed by atoms with Gasteiger partial charge in [-0.15, -0.1) is 0 Å². The molecule has 0 saturated heterocycles. The maximum Gasteiger partial charge on any atom is 0.0702 e. The summed E-state index contributed by atoms with van der Waals surface area (Å²) in [7, 11) is 0. The molecule has 0 fully saturated rings. The Labute approximate surface area is 79.0 Å². The number of aryl methyl sites for hydroxylation is 2. The molecule has 68 valence electrons. The molecule has 1 aromatic rings. The SMILES string of the molecule is C=Nc1c(C)cc(C)c(N=C)c1C. The topological polar surface area (TPSA) is 24.7 Å². The van der Waals surface area contributed by atoms with Gasteiger partial charge in [-0.3, -0.25) is 9.98 Å². The number of aliphatic imine (C=N–C) groups is 2. The summed E-state index contributed by atoms with van der Waals surface area (Å²) in [6, 6.07) is 2.06. The molecule has 0 radical (unpaired) electrons. The molecule has 0 unspecified atom stereocenters. The summed E-state index contributed by atoms with van der Waals surface area (Å²) < 4.78 is 0. The highest BCUT2D eigenvalue weighted by Gasteiger charge is 2.07. The largest absolute Gasteiger partial charge is 0.264 e. The van der Waals surface area contributed by atoms with Gasteiger partial charge in [-0.2, -0.15) is 0 Å². The summed E-state index contributed by atoms with van der Waals surface area (Å²) >= 11 is 0. The third kappa shape index (κ3) is 1.52. The zero-order valence-corrected chi connectivity index (χ0v) is 8.39. The van der Waals surface area contributed by atoms with Crippen LogP contribution in [0.5, 0.6) is 0 Å². The third-order valence-electron chi connectivity index (χ3n) is 2.21. The summed E-state index contributed by atoms with van der Waals surface area (Å²) in [6.45, 7) is 13.1. The van der Waals surface area contributed by atoms with Gasteiger partial charge in [-0.25, -0.2) is 0 Å². The molecule has 0 aliphatic carbocycles. The fraction of sp³-hybridized carbons (Fsp3) is 0.273. The Bertz CT molecular complexity index is 333. The number of rotatable bonds is 2. The Morgan fingerprint density at radius 1 is 0.923 bits per heavy atom. The van der Waals surface area contributed by atoms with Crippen LogP contribution in [0.25, 0.3) is 0 Å². The van der Waals surface area contributed by atoms with Gasteiger partial charge in [-0.1, -0.05) is 6.07 Å². The van der Waals surface area contributed by atoms with E-state index in [9.17, 15) is 0 Å². The summed E-state index contributed by atoms with van der Waals surface area (Å²) in [5, 5.41) is 0. The van der Waals surface area contributed by atoms with Gasteiger partial charge in [0, 0.05) is 5.56 Å². The highest BCUT2D eigenvalue weighted by molar-refractivity contribution is 5.70.